The van der Waals surface area contributed by atoms with Crippen molar-refractivity contribution < 1.29 is 22.1 Å². The molecule has 0 amide bonds. The highest BCUT2D eigenvalue weighted by atomic mass is 32.2. The quantitative estimate of drug-likeness (QED) is 0.785. The van der Waals surface area contributed by atoms with E-state index in [4.69, 9.17) is 13.7 Å². The molecule has 0 aliphatic carbocycles. The van der Waals surface area contributed by atoms with Crippen LogP contribution in [-0.4, -0.2) is 15.0 Å². The van der Waals surface area contributed by atoms with E-state index >= 15 is 0 Å². The van der Waals surface area contributed by atoms with E-state index in [1.807, 2.05) is 19.1 Å². The minimum atomic E-state index is -3.76. The molecule has 0 bridgehead atoms. The van der Waals surface area contributed by atoms with Crippen LogP contribution in [0, 0.1) is 6.92 Å². The van der Waals surface area contributed by atoms with E-state index in [0.29, 0.717) is 23.7 Å². The van der Waals surface area contributed by atoms with E-state index in [1.165, 1.54) is 18.4 Å². The number of hydrogen-bond acceptors (Lipinski definition) is 5. The van der Waals surface area contributed by atoms with Crippen molar-refractivity contribution in [3.05, 3.63) is 66.1 Å². The van der Waals surface area contributed by atoms with Crippen molar-refractivity contribution in [1.29, 1.82) is 0 Å². The molecule has 0 unspecified atom stereocenters. The van der Waals surface area contributed by atoms with Gasteiger partial charge in [-0.05, 0) is 31.2 Å². The molecule has 0 saturated heterocycles. The maximum absolute atomic E-state index is 12.1. The van der Waals surface area contributed by atoms with Crippen molar-refractivity contribution in [2.45, 2.75) is 18.2 Å². The molecule has 1 aliphatic rings. The number of para-hydroxylation sites is 2. The van der Waals surface area contributed by atoms with Crippen LogP contribution in [0.25, 0.3) is 0 Å². The Kier molecular flexibility index (Phi) is 4.36. The third kappa shape index (κ3) is 3.72. The zero-order chi connectivity index (χ0) is 16.3. The molecule has 3 rings (SSSR count). The second kappa shape index (κ2) is 6.44. The zero-order valence-electron chi connectivity index (χ0n) is 12.6. The molecule has 1 heterocycles. The van der Waals surface area contributed by atoms with Crippen molar-refractivity contribution in [3.63, 3.8) is 0 Å². The molecule has 2 aromatic carbocycles. The molecule has 1 aliphatic heterocycles. The molecule has 23 heavy (non-hydrogen) atoms. The molecule has 0 N–H and O–H groups in total. The van der Waals surface area contributed by atoms with E-state index in [-0.39, 0.29) is 11.5 Å². The van der Waals surface area contributed by atoms with Gasteiger partial charge in [-0.3, -0.25) is 4.18 Å². The van der Waals surface area contributed by atoms with E-state index in [2.05, 4.69) is 0 Å². The molecule has 120 valence electrons. The van der Waals surface area contributed by atoms with Gasteiger partial charge in [0.25, 0.3) is 10.1 Å². The number of fused-ring (bicyclic) bond motifs is 1. The molecule has 0 atom stereocenters. The predicted octanol–water partition coefficient (Wildman–Crippen LogP) is 3.40. The summed E-state index contributed by atoms with van der Waals surface area (Å²) in [6.07, 6.45) is 1.75. The molecule has 0 fully saturated rings. The van der Waals surface area contributed by atoms with Crippen molar-refractivity contribution >= 4 is 10.1 Å². The first-order valence-corrected chi connectivity index (χ1v) is 8.54. The average molecular weight is 332 g/mol. The van der Waals surface area contributed by atoms with Crippen LogP contribution in [0.5, 0.6) is 11.5 Å². The molecule has 0 aromatic heterocycles. The van der Waals surface area contributed by atoms with Gasteiger partial charge in [-0.25, -0.2) is 0 Å². The summed E-state index contributed by atoms with van der Waals surface area (Å²) in [6.45, 7) is 1.87. The van der Waals surface area contributed by atoms with Crippen LogP contribution in [0.3, 0.4) is 0 Å². The maximum Gasteiger partial charge on any atom is 0.296 e. The first-order chi connectivity index (χ1) is 11.0. The van der Waals surface area contributed by atoms with Gasteiger partial charge in [-0.2, -0.15) is 8.42 Å². The largest absolute Gasteiger partial charge is 0.458 e. The van der Waals surface area contributed by atoms with E-state index in [1.54, 1.807) is 24.3 Å². The number of aryl methyl sites for hydroxylation is 1. The Bertz CT molecular complexity index is 822. The van der Waals surface area contributed by atoms with Crippen LogP contribution in [0.2, 0.25) is 0 Å². The number of rotatable bonds is 5. The minimum absolute atomic E-state index is 0.0203. The smallest absolute Gasteiger partial charge is 0.296 e. The van der Waals surface area contributed by atoms with Crippen LogP contribution in [0.4, 0.5) is 0 Å². The summed E-state index contributed by atoms with van der Waals surface area (Å²) >= 11 is 0. The Hall–Kier alpha value is -2.31. The van der Waals surface area contributed by atoms with Gasteiger partial charge in [-0.1, -0.05) is 29.8 Å². The molecule has 0 radical (unpaired) electrons. The van der Waals surface area contributed by atoms with Crippen molar-refractivity contribution in [2.24, 2.45) is 0 Å². The molecule has 6 heteroatoms. The molecular formula is C17H16O5S. The minimum Gasteiger partial charge on any atom is -0.458 e. The lowest BCUT2D eigenvalue weighted by Gasteiger charge is -2.17. The second-order valence-electron chi connectivity index (χ2n) is 5.09. The highest BCUT2D eigenvalue weighted by molar-refractivity contribution is 7.86. The fourth-order valence-corrected chi connectivity index (χ4v) is 2.97. The molecule has 0 saturated carbocycles. The fraction of sp³-hybridized carbons (Fsp3) is 0.176. The first kappa shape index (κ1) is 15.6. The topological polar surface area (TPSA) is 61.8 Å². The Labute approximate surface area is 135 Å². The first-order valence-electron chi connectivity index (χ1n) is 7.13. The third-order valence-corrected chi connectivity index (χ3v) is 4.63. The fourth-order valence-electron chi connectivity index (χ4n) is 2.06. The predicted molar refractivity (Wildman–Crippen MR) is 84.7 cm³/mol. The lowest BCUT2D eigenvalue weighted by atomic mass is 10.2. The monoisotopic (exact) mass is 332 g/mol. The Morgan fingerprint density at radius 2 is 1.70 bits per heavy atom. The Morgan fingerprint density at radius 3 is 2.43 bits per heavy atom. The standard InChI is InChI=1S/C17H16O5S/c1-13-6-8-15(9-7-13)23(18,19)21-11-10-14-12-20-16-4-2-3-5-17(16)22-14/h2-9,12H,10-11H2,1H3. The summed E-state index contributed by atoms with van der Waals surface area (Å²) < 4.78 is 40.2. The highest BCUT2D eigenvalue weighted by Gasteiger charge is 2.17. The average Bonchev–Trinajstić information content (AvgIpc) is 2.55. The van der Waals surface area contributed by atoms with Crippen molar-refractivity contribution in [2.75, 3.05) is 6.61 Å². The van der Waals surface area contributed by atoms with Crippen LogP contribution >= 0.6 is 0 Å². The molecule has 5 nitrogen and oxygen atoms in total. The molecule has 2 aromatic rings. The number of ether oxygens (including phenoxy) is 2. The van der Waals surface area contributed by atoms with E-state index in [0.717, 1.165) is 5.56 Å². The van der Waals surface area contributed by atoms with Crippen LogP contribution in [0.1, 0.15) is 12.0 Å². The van der Waals surface area contributed by atoms with Gasteiger partial charge < -0.3 is 9.47 Å². The summed E-state index contributed by atoms with van der Waals surface area (Å²) in [5.41, 5.74) is 0.987. The molecule has 0 spiro atoms. The summed E-state index contributed by atoms with van der Waals surface area (Å²) in [5, 5.41) is 0. The Morgan fingerprint density at radius 1 is 1.00 bits per heavy atom. The SMILES string of the molecule is Cc1ccc(S(=O)(=O)OCCC2=COc3ccccc3O2)cc1. The van der Waals surface area contributed by atoms with Gasteiger partial charge in [0.1, 0.15) is 12.0 Å². The maximum atomic E-state index is 12.1. The van der Waals surface area contributed by atoms with Gasteiger partial charge >= 0.3 is 0 Å². The van der Waals surface area contributed by atoms with Crippen molar-refractivity contribution in [3.8, 4) is 11.5 Å². The van der Waals surface area contributed by atoms with E-state index < -0.39 is 10.1 Å². The van der Waals surface area contributed by atoms with Gasteiger partial charge in [0.2, 0.25) is 0 Å². The third-order valence-electron chi connectivity index (χ3n) is 3.30. The summed E-state index contributed by atoms with van der Waals surface area (Å²) in [4.78, 5) is 0.142. The van der Waals surface area contributed by atoms with Crippen molar-refractivity contribution in [1.82, 2.24) is 0 Å². The van der Waals surface area contributed by atoms with Gasteiger partial charge in [-0.15, -0.1) is 0 Å². The number of hydrogen-bond donors (Lipinski definition) is 0. The highest BCUT2D eigenvalue weighted by Crippen LogP contribution is 2.32. The summed E-state index contributed by atoms with van der Waals surface area (Å²) in [6, 6.07) is 13.8. The summed E-state index contributed by atoms with van der Waals surface area (Å²) in [7, 11) is -3.76. The zero-order valence-corrected chi connectivity index (χ0v) is 13.4. The lowest BCUT2D eigenvalue weighted by molar-refractivity contribution is 0.269. The normalized spacial score (nSPS) is 13.5. The van der Waals surface area contributed by atoms with Gasteiger partial charge in [0, 0.05) is 6.42 Å². The summed E-state index contributed by atoms with van der Waals surface area (Å²) in [5.74, 6) is 1.75. The van der Waals surface area contributed by atoms with E-state index in [9.17, 15) is 8.42 Å². The van der Waals surface area contributed by atoms with Gasteiger partial charge in [0.05, 0.1) is 11.5 Å². The van der Waals surface area contributed by atoms with Crippen LogP contribution < -0.4 is 9.47 Å². The Balaban J connectivity index is 1.58. The second-order valence-corrected chi connectivity index (χ2v) is 6.71. The lowest BCUT2D eigenvalue weighted by Crippen LogP contribution is -2.11. The van der Waals surface area contributed by atoms with Gasteiger partial charge in [0.15, 0.2) is 11.5 Å². The molecular weight excluding hydrogens is 316 g/mol. The number of benzene rings is 2. The van der Waals surface area contributed by atoms with Crippen LogP contribution in [-0.2, 0) is 14.3 Å². The van der Waals surface area contributed by atoms with Crippen LogP contribution in [0.15, 0.2) is 65.4 Å².